The van der Waals surface area contributed by atoms with Crippen LogP contribution in [0.1, 0.15) is 26.5 Å². The number of carbonyl (C=O) groups is 1. The van der Waals surface area contributed by atoms with Crippen LogP contribution in [0.4, 0.5) is 0 Å². The smallest absolute Gasteiger partial charge is 0.244 e. The first-order chi connectivity index (χ1) is 9.87. The summed E-state index contributed by atoms with van der Waals surface area (Å²) in [4.78, 5) is 17.1. The summed E-state index contributed by atoms with van der Waals surface area (Å²) in [5.41, 5.74) is -0.201. The Morgan fingerprint density at radius 1 is 1.48 bits per heavy atom. The number of rotatable bonds is 6. The molecule has 0 saturated heterocycles. The largest absolute Gasteiger partial charge is 0.342 e. The number of nitriles is 1. The lowest BCUT2D eigenvalue weighted by atomic mass is 10.3. The van der Waals surface area contributed by atoms with Gasteiger partial charge in [-0.05, 0) is 32.9 Å². The number of nitrogens with zero attached hydrogens (tertiary/aromatic N) is 3. The molecule has 1 N–H and O–H groups in total. The van der Waals surface area contributed by atoms with Crippen molar-refractivity contribution < 1.29 is 13.2 Å². The Kier molecular flexibility index (Phi) is 5.81. The molecular weight excluding hydrogens is 292 g/mol. The number of aromatic nitrogens is 1. The van der Waals surface area contributed by atoms with Gasteiger partial charge in [-0.3, -0.25) is 4.79 Å². The molecule has 0 radical (unpaired) electrons. The molecule has 0 aliphatic heterocycles. The fourth-order valence-corrected chi connectivity index (χ4v) is 3.15. The Morgan fingerprint density at radius 2 is 2.10 bits per heavy atom. The molecule has 0 bridgehead atoms. The number of sulfonamides is 1. The van der Waals surface area contributed by atoms with E-state index in [2.05, 4.69) is 9.71 Å². The lowest BCUT2D eigenvalue weighted by Gasteiger charge is -2.23. The zero-order chi connectivity index (χ0) is 16.0. The summed E-state index contributed by atoms with van der Waals surface area (Å²) in [6, 6.07) is 3.51. The lowest BCUT2D eigenvalue weighted by molar-refractivity contribution is -0.132. The van der Waals surface area contributed by atoms with Crippen LogP contribution in [0, 0.1) is 11.3 Å². The van der Waals surface area contributed by atoms with Crippen molar-refractivity contribution in [3.63, 3.8) is 0 Å². The van der Waals surface area contributed by atoms with E-state index < -0.39 is 16.1 Å². The highest BCUT2D eigenvalue weighted by molar-refractivity contribution is 7.89. The minimum absolute atomic E-state index is 0.201. The summed E-state index contributed by atoms with van der Waals surface area (Å²) in [7, 11) is -3.98. The van der Waals surface area contributed by atoms with Gasteiger partial charge in [0.05, 0.1) is 6.04 Å². The topological polar surface area (TPSA) is 103 Å². The van der Waals surface area contributed by atoms with Gasteiger partial charge in [-0.1, -0.05) is 0 Å². The average molecular weight is 310 g/mol. The van der Waals surface area contributed by atoms with E-state index in [1.807, 2.05) is 13.8 Å². The second-order valence-electron chi connectivity index (χ2n) is 4.32. The molecule has 1 heterocycles. The van der Waals surface area contributed by atoms with Gasteiger partial charge in [0.2, 0.25) is 15.9 Å². The molecular formula is C13H18N4O3S. The van der Waals surface area contributed by atoms with Gasteiger partial charge in [-0.25, -0.2) is 13.4 Å². The van der Waals surface area contributed by atoms with Crippen LogP contribution in [-0.2, 0) is 14.8 Å². The summed E-state index contributed by atoms with van der Waals surface area (Å²) < 4.78 is 26.8. The highest BCUT2D eigenvalue weighted by Gasteiger charge is 2.26. The van der Waals surface area contributed by atoms with Gasteiger partial charge < -0.3 is 4.90 Å². The highest BCUT2D eigenvalue weighted by atomic mass is 32.2. The van der Waals surface area contributed by atoms with E-state index in [0.717, 1.165) is 0 Å². The zero-order valence-corrected chi connectivity index (χ0v) is 13.0. The van der Waals surface area contributed by atoms with E-state index in [-0.39, 0.29) is 16.5 Å². The highest BCUT2D eigenvalue weighted by Crippen LogP contribution is 2.12. The number of likely N-dealkylation sites (N-methyl/N-ethyl adjacent to an activating group) is 1. The van der Waals surface area contributed by atoms with Crippen LogP contribution in [0.5, 0.6) is 0 Å². The summed E-state index contributed by atoms with van der Waals surface area (Å²) in [6.45, 7) is 6.10. The molecule has 114 valence electrons. The molecule has 1 rings (SSSR count). The first-order valence-corrected chi connectivity index (χ1v) is 8.01. The number of hydrogen-bond acceptors (Lipinski definition) is 5. The molecule has 0 aliphatic rings. The number of carbonyl (C=O) groups excluding carboxylic acids is 1. The minimum atomic E-state index is -3.98. The second-order valence-corrected chi connectivity index (χ2v) is 6.00. The third kappa shape index (κ3) is 4.00. The van der Waals surface area contributed by atoms with Crippen molar-refractivity contribution in [3.05, 3.63) is 24.0 Å². The van der Waals surface area contributed by atoms with Gasteiger partial charge in [-0.15, -0.1) is 0 Å². The van der Waals surface area contributed by atoms with Crippen LogP contribution in [-0.4, -0.2) is 43.3 Å². The third-order valence-corrected chi connectivity index (χ3v) is 4.52. The Hall–Kier alpha value is -1.98. The molecule has 0 aliphatic carbocycles. The third-order valence-electron chi connectivity index (χ3n) is 2.94. The molecule has 7 nitrogen and oxygen atoms in total. The Labute approximate surface area is 124 Å². The maximum absolute atomic E-state index is 12.3. The first-order valence-electron chi connectivity index (χ1n) is 6.53. The predicted octanol–water partition coefficient (Wildman–Crippen LogP) is 0.488. The van der Waals surface area contributed by atoms with Gasteiger partial charge in [0.1, 0.15) is 11.0 Å². The van der Waals surface area contributed by atoms with Crippen LogP contribution in [0.2, 0.25) is 0 Å². The molecule has 1 amide bonds. The van der Waals surface area contributed by atoms with Gasteiger partial charge >= 0.3 is 0 Å². The van der Waals surface area contributed by atoms with Crippen LogP contribution in [0.25, 0.3) is 0 Å². The Morgan fingerprint density at radius 3 is 2.62 bits per heavy atom. The number of pyridine rings is 1. The van der Waals surface area contributed by atoms with Gasteiger partial charge in [0.25, 0.3) is 0 Å². The maximum Gasteiger partial charge on any atom is 0.244 e. The predicted molar refractivity (Wildman–Crippen MR) is 76.7 cm³/mol. The van der Waals surface area contributed by atoms with Gasteiger partial charge in [0, 0.05) is 19.3 Å². The monoisotopic (exact) mass is 310 g/mol. The van der Waals surface area contributed by atoms with Crippen LogP contribution in [0.3, 0.4) is 0 Å². The number of nitrogens with one attached hydrogen (secondary N) is 1. The zero-order valence-electron chi connectivity index (χ0n) is 12.2. The van der Waals surface area contributed by atoms with Crippen molar-refractivity contribution in [1.82, 2.24) is 14.6 Å². The van der Waals surface area contributed by atoms with E-state index in [0.29, 0.717) is 13.1 Å². The standard InChI is InChI=1S/C13H18N4O3S/c1-4-17(5-2)13(18)10(3)16-21(19,20)12-7-6-8-15-11(12)9-14/h6-8,10,16H,4-5H2,1-3H3. The Balaban J connectivity index is 3.01. The van der Waals surface area contributed by atoms with Crippen molar-refractivity contribution in [1.29, 1.82) is 5.26 Å². The van der Waals surface area contributed by atoms with E-state index >= 15 is 0 Å². The average Bonchev–Trinajstić information content (AvgIpc) is 2.47. The maximum atomic E-state index is 12.3. The van der Waals surface area contributed by atoms with E-state index in [1.165, 1.54) is 30.2 Å². The van der Waals surface area contributed by atoms with Crippen molar-refractivity contribution in [2.24, 2.45) is 0 Å². The van der Waals surface area contributed by atoms with E-state index in [4.69, 9.17) is 5.26 Å². The molecule has 0 aromatic carbocycles. The molecule has 0 fully saturated rings. The van der Waals surface area contributed by atoms with Crippen LogP contribution in [0.15, 0.2) is 23.2 Å². The SMILES string of the molecule is CCN(CC)C(=O)C(C)NS(=O)(=O)c1cccnc1C#N. The summed E-state index contributed by atoms with van der Waals surface area (Å²) in [5.74, 6) is -0.314. The second kappa shape index (κ2) is 7.15. The molecule has 0 spiro atoms. The fourth-order valence-electron chi connectivity index (χ4n) is 1.85. The molecule has 1 aromatic heterocycles. The minimum Gasteiger partial charge on any atom is -0.342 e. The Bertz CT molecular complexity index is 648. The number of hydrogen-bond donors (Lipinski definition) is 1. The van der Waals surface area contributed by atoms with Crippen molar-refractivity contribution in [2.45, 2.75) is 31.7 Å². The first kappa shape index (κ1) is 17.1. The summed E-state index contributed by atoms with van der Waals surface area (Å²) >= 11 is 0. The van der Waals surface area contributed by atoms with Gasteiger partial charge in [0.15, 0.2) is 5.69 Å². The molecule has 8 heteroatoms. The number of amides is 1. The normalized spacial score (nSPS) is 12.5. The van der Waals surface area contributed by atoms with Crippen LogP contribution < -0.4 is 4.72 Å². The molecule has 1 aromatic rings. The quantitative estimate of drug-likeness (QED) is 0.823. The molecule has 1 unspecified atom stereocenters. The van der Waals surface area contributed by atoms with Crippen molar-refractivity contribution in [2.75, 3.05) is 13.1 Å². The summed E-state index contributed by atoms with van der Waals surface area (Å²) in [6.07, 6.45) is 1.34. The lowest BCUT2D eigenvalue weighted by Crippen LogP contribution is -2.46. The van der Waals surface area contributed by atoms with E-state index in [9.17, 15) is 13.2 Å². The summed E-state index contributed by atoms with van der Waals surface area (Å²) in [5, 5.41) is 8.91. The molecule has 1 atom stereocenters. The van der Waals surface area contributed by atoms with E-state index in [1.54, 1.807) is 6.07 Å². The van der Waals surface area contributed by atoms with Crippen LogP contribution >= 0.6 is 0 Å². The fraction of sp³-hybridized carbons (Fsp3) is 0.462. The molecule has 0 saturated carbocycles. The van der Waals surface area contributed by atoms with Gasteiger partial charge in [-0.2, -0.15) is 9.98 Å². The molecule has 21 heavy (non-hydrogen) atoms. The van der Waals surface area contributed by atoms with Crippen molar-refractivity contribution in [3.8, 4) is 6.07 Å². The van der Waals surface area contributed by atoms with Crippen molar-refractivity contribution >= 4 is 15.9 Å².